The molecule has 2 aliphatic rings. The van der Waals surface area contributed by atoms with Gasteiger partial charge in [0.1, 0.15) is 12.2 Å². The minimum Gasteiger partial charge on any atom is -0.475 e. The third kappa shape index (κ3) is 9.86. The normalized spacial score (nSPS) is 17.7. The van der Waals surface area contributed by atoms with Gasteiger partial charge in [-0.3, -0.25) is 9.78 Å². The van der Waals surface area contributed by atoms with Gasteiger partial charge in [0.05, 0.1) is 40.7 Å². The first kappa shape index (κ1) is 38.1. The Bertz CT molecular complexity index is 2030. The number of alkyl halides is 3. The van der Waals surface area contributed by atoms with Crippen molar-refractivity contribution >= 4 is 45.5 Å². The molecule has 284 valence electrons. The molecule has 1 saturated heterocycles. The molecule has 11 nitrogen and oxygen atoms in total. The van der Waals surface area contributed by atoms with Gasteiger partial charge in [-0.2, -0.15) is 13.2 Å². The third-order valence-electron chi connectivity index (χ3n) is 9.02. The summed E-state index contributed by atoms with van der Waals surface area (Å²) in [5.74, 6) is -2.21. The molecule has 0 radical (unpaired) electrons. The van der Waals surface area contributed by atoms with E-state index in [1.54, 1.807) is 26.8 Å². The number of pyridine rings is 2. The van der Waals surface area contributed by atoms with E-state index >= 15 is 0 Å². The Labute approximate surface area is 312 Å². The van der Waals surface area contributed by atoms with Crippen LogP contribution in [0.5, 0.6) is 0 Å². The molecule has 0 aliphatic carbocycles. The zero-order valence-corrected chi connectivity index (χ0v) is 30.4. The van der Waals surface area contributed by atoms with Crippen LogP contribution in [0.3, 0.4) is 0 Å². The fraction of sp³-hybridized carbons (Fsp3) is 0.350. The molecule has 2 amide bonds. The van der Waals surface area contributed by atoms with Crippen molar-refractivity contribution in [1.82, 2.24) is 20.6 Å². The van der Waals surface area contributed by atoms with Crippen LogP contribution in [0.2, 0.25) is 0 Å². The number of rotatable bonds is 10. The SMILES string of the molecule is C=C(Nc1cc2ccc(C3=CCNCC3)cc2nc1C(=O)Nc1cnccc1N1CC(NC(=O)OC(C)(C)C)C[C@@H](C(F)(F)F)C1)OCc1ccccc1. The quantitative estimate of drug-likeness (QED) is 0.121. The van der Waals surface area contributed by atoms with Crippen LogP contribution in [0.1, 0.15) is 55.2 Å². The molecule has 2 aromatic heterocycles. The van der Waals surface area contributed by atoms with Crippen molar-refractivity contribution in [3.05, 3.63) is 108 Å². The molecule has 0 spiro atoms. The molecule has 2 atom stereocenters. The highest BCUT2D eigenvalue weighted by molar-refractivity contribution is 6.09. The van der Waals surface area contributed by atoms with Crippen molar-refractivity contribution < 1.29 is 32.2 Å². The van der Waals surface area contributed by atoms with Gasteiger partial charge in [-0.15, -0.1) is 0 Å². The number of fused-ring (bicyclic) bond motifs is 1. The summed E-state index contributed by atoms with van der Waals surface area (Å²) in [4.78, 5) is 37.3. The lowest BCUT2D eigenvalue weighted by atomic mass is 9.93. The third-order valence-corrected chi connectivity index (χ3v) is 9.02. The van der Waals surface area contributed by atoms with Crippen molar-refractivity contribution in [2.45, 2.75) is 58.0 Å². The van der Waals surface area contributed by atoms with E-state index < -0.39 is 42.3 Å². The monoisotopic (exact) mass is 743 g/mol. The molecule has 2 aromatic carbocycles. The Kier molecular flexibility index (Phi) is 11.4. The summed E-state index contributed by atoms with van der Waals surface area (Å²) in [5, 5.41) is 12.6. The van der Waals surface area contributed by atoms with E-state index in [-0.39, 0.29) is 36.8 Å². The van der Waals surface area contributed by atoms with Gasteiger partial charge in [0.25, 0.3) is 5.91 Å². The van der Waals surface area contributed by atoms with Gasteiger partial charge in [-0.05, 0) is 81.6 Å². The van der Waals surface area contributed by atoms with Crippen molar-refractivity contribution in [1.29, 1.82) is 0 Å². The molecule has 6 rings (SSSR count). The molecular weight excluding hydrogens is 699 g/mol. The van der Waals surface area contributed by atoms with Crippen LogP contribution in [-0.4, -0.2) is 66.0 Å². The second-order valence-corrected chi connectivity index (χ2v) is 14.4. The van der Waals surface area contributed by atoms with Gasteiger partial charge in [0.15, 0.2) is 11.6 Å². The largest absolute Gasteiger partial charge is 0.475 e. The van der Waals surface area contributed by atoms with Gasteiger partial charge in [0, 0.05) is 31.2 Å². The summed E-state index contributed by atoms with van der Waals surface area (Å²) in [5.41, 5.74) is 3.62. The van der Waals surface area contributed by atoms with E-state index in [2.05, 4.69) is 38.9 Å². The van der Waals surface area contributed by atoms with Crippen molar-refractivity contribution in [3.63, 3.8) is 0 Å². The van der Waals surface area contributed by atoms with E-state index in [1.807, 2.05) is 48.5 Å². The van der Waals surface area contributed by atoms with Crippen LogP contribution in [-0.2, 0) is 16.1 Å². The number of nitrogens with zero attached hydrogens (tertiary/aromatic N) is 3. The number of alkyl carbamates (subject to hydrolysis) is 1. The Morgan fingerprint density at radius 1 is 1.02 bits per heavy atom. The highest BCUT2D eigenvalue weighted by Gasteiger charge is 2.45. The molecule has 14 heteroatoms. The molecule has 4 aromatic rings. The smallest absolute Gasteiger partial charge is 0.407 e. The highest BCUT2D eigenvalue weighted by Crippen LogP contribution is 2.37. The lowest BCUT2D eigenvalue weighted by molar-refractivity contribution is -0.177. The summed E-state index contributed by atoms with van der Waals surface area (Å²) in [7, 11) is 0. The Balaban J connectivity index is 1.30. The van der Waals surface area contributed by atoms with Gasteiger partial charge in [-0.25, -0.2) is 9.78 Å². The lowest BCUT2D eigenvalue weighted by Crippen LogP contribution is -2.54. The molecule has 1 fully saturated rings. The maximum absolute atomic E-state index is 14.2. The van der Waals surface area contributed by atoms with Crippen molar-refractivity contribution in [3.8, 4) is 0 Å². The molecule has 54 heavy (non-hydrogen) atoms. The molecule has 0 saturated carbocycles. The minimum absolute atomic E-state index is 0.00878. The van der Waals surface area contributed by atoms with Crippen LogP contribution in [0.4, 0.5) is 35.0 Å². The van der Waals surface area contributed by atoms with E-state index in [4.69, 9.17) is 14.5 Å². The number of aromatic nitrogens is 2. The topological polar surface area (TPSA) is 130 Å². The van der Waals surface area contributed by atoms with Crippen molar-refractivity contribution in [2.75, 3.05) is 41.7 Å². The van der Waals surface area contributed by atoms with Gasteiger partial charge in [0.2, 0.25) is 0 Å². The Morgan fingerprint density at radius 2 is 1.81 bits per heavy atom. The number of halogens is 3. The zero-order chi connectivity index (χ0) is 38.5. The molecule has 0 bridgehead atoms. The Morgan fingerprint density at radius 3 is 2.54 bits per heavy atom. The van der Waals surface area contributed by atoms with Crippen molar-refractivity contribution in [2.24, 2.45) is 5.92 Å². The maximum Gasteiger partial charge on any atom is 0.407 e. The van der Waals surface area contributed by atoms with E-state index in [0.717, 1.165) is 36.0 Å². The fourth-order valence-corrected chi connectivity index (χ4v) is 6.50. The number of nitrogens with one attached hydrogen (secondary N) is 4. The molecular formula is C40H44F3N7O4. The number of hydrogen-bond donors (Lipinski definition) is 4. The van der Waals surface area contributed by atoms with Gasteiger partial charge in [-0.1, -0.05) is 48.5 Å². The number of ether oxygens (including phenoxy) is 2. The van der Waals surface area contributed by atoms with Crippen LogP contribution < -0.4 is 26.2 Å². The summed E-state index contributed by atoms with van der Waals surface area (Å²) < 4.78 is 53.9. The van der Waals surface area contributed by atoms with E-state index in [1.165, 1.54) is 28.9 Å². The van der Waals surface area contributed by atoms with Gasteiger partial charge < -0.3 is 35.6 Å². The molecule has 2 aliphatic heterocycles. The lowest BCUT2D eigenvalue weighted by Gasteiger charge is -2.40. The number of carbonyl (C=O) groups is 2. The Hall–Kier alpha value is -5.63. The number of piperidine rings is 1. The van der Waals surface area contributed by atoms with Crippen LogP contribution >= 0.6 is 0 Å². The first-order chi connectivity index (χ1) is 25.7. The highest BCUT2D eigenvalue weighted by atomic mass is 19.4. The van der Waals surface area contributed by atoms with Crippen LogP contribution in [0, 0.1) is 5.92 Å². The molecule has 4 heterocycles. The van der Waals surface area contributed by atoms with Crippen LogP contribution in [0.25, 0.3) is 16.5 Å². The van der Waals surface area contributed by atoms with E-state index in [9.17, 15) is 22.8 Å². The maximum atomic E-state index is 14.2. The summed E-state index contributed by atoms with van der Waals surface area (Å²) >= 11 is 0. The fourth-order valence-electron chi connectivity index (χ4n) is 6.50. The second-order valence-electron chi connectivity index (χ2n) is 14.4. The standard InChI is InChI=1S/C40H44F3N7O4/c1-25(53-24-26-8-6-5-7-9-26)46-33-19-29-11-10-28(27-12-15-44-16-13-27)18-32(29)48-36(33)37(51)49-34-21-45-17-14-35(34)50-22-30(40(41,42)43)20-31(23-50)47-38(52)54-39(2,3)4/h5-12,14,17-19,21,30-31,44,46H,1,13,15-16,20,22-24H2,2-4H3,(H,47,52)(H,49,51)/t30-,31?/m1/s1. The molecule has 4 N–H and O–H groups in total. The summed E-state index contributed by atoms with van der Waals surface area (Å²) in [6, 6.07) is 17.9. The predicted octanol–water partition coefficient (Wildman–Crippen LogP) is 7.64. The number of amides is 2. The van der Waals surface area contributed by atoms with Crippen LogP contribution in [0.15, 0.2) is 91.6 Å². The average molecular weight is 744 g/mol. The number of anilines is 3. The number of benzene rings is 2. The van der Waals surface area contributed by atoms with Gasteiger partial charge >= 0.3 is 12.3 Å². The zero-order valence-electron chi connectivity index (χ0n) is 30.4. The van der Waals surface area contributed by atoms with E-state index in [0.29, 0.717) is 16.9 Å². The second kappa shape index (κ2) is 16.2. The predicted molar refractivity (Wildman–Crippen MR) is 203 cm³/mol. The number of hydrogen-bond acceptors (Lipinski definition) is 9. The molecule has 1 unspecified atom stereocenters. The summed E-state index contributed by atoms with van der Waals surface area (Å²) in [6.45, 7) is 10.5. The minimum atomic E-state index is -4.54. The summed E-state index contributed by atoms with van der Waals surface area (Å²) in [6.07, 6.45) is 0.114. The average Bonchev–Trinajstić information content (AvgIpc) is 3.13. The number of carbonyl (C=O) groups excluding carboxylic acids is 2. The first-order valence-electron chi connectivity index (χ1n) is 17.8. The first-order valence-corrected chi connectivity index (χ1v) is 17.8.